The molecule has 0 aromatic carbocycles. The number of aryl methyl sites for hydroxylation is 1. The smallest absolute Gasteiger partial charge is 0.228 e. The number of methoxy groups -OCH3 is 1. The second-order valence-electron chi connectivity index (χ2n) is 5.99. The minimum Gasteiger partial charge on any atom is -0.481 e. The molecule has 0 radical (unpaired) electrons. The molecule has 20 heavy (non-hydrogen) atoms. The van der Waals surface area contributed by atoms with Gasteiger partial charge in [0.25, 0.3) is 0 Å². The first-order valence-electron chi connectivity index (χ1n) is 7.62. The van der Waals surface area contributed by atoms with Crippen molar-refractivity contribution < 1.29 is 4.74 Å². The first-order valence-corrected chi connectivity index (χ1v) is 7.62. The Hall–Kier alpha value is -1.36. The van der Waals surface area contributed by atoms with E-state index in [0.717, 1.165) is 37.3 Å². The molecule has 0 bridgehead atoms. The molecule has 1 N–H and O–H groups in total. The van der Waals surface area contributed by atoms with E-state index in [0.29, 0.717) is 11.8 Å². The topological polar surface area (TPSA) is 50.3 Å². The van der Waals surface area contributed by atoms with E-state index in [1.807, 2.05) is 13.0 Å². The SMILES string of the molecule is COc1cc(C)nc(N2CCCC(CNC3CC3)C2)n1. The van der Waals surface area contributed by atoms with Crippen LogP contribution in [0.3, 0.4) is 0 Å². The number of nitrogens with one attached hydrogen (secondary N) is 1. The number of hydrogen-bond donors (Lipinski definition) is 1. The monoisotopic (exact) mass is 276 g/mol. The normalized spacial score (nSPS) is 22.9. The highest BCUT2D eigenvalue weighted by atomic mass is 16.5. The number of piperidine rings is 1. The number of hydrogen-bond acceptors (Lipinski definition) is 5. The second kappa shape index (κ2) is 5.95. The van der Waals surface area contributed by atoms with Crippen molar-refractivity contribution in [2.24, 2.45) is 5.92 Å². The molecule has 1 aliphatic carbocycles. The molecule has 1 atom stereocenters. The Morgan fingerprint density at radius 3 is 2.95 bits per heavy atom. The van der Waals surface area contributed by atoms with E-state index in [2.05, 4.69) is 20.2 Å². The minimum atomic E-state index is 0.658. The highest BCUT2D eigenvalue weighted by Crippen LogP contribution is 2.24. The minimum absolute atomic E-state index is 0.658. The Balaban J connectivity index is 1.64. The van der Waals surface area contributed by atoms with Gasteiger partial charge in [0.2, 0.25) is 11.8 Å². The molecule has 3 rings (SSSR count). The zero-order valence-electron chi connectivity index (χ0n) is 12.4. The zero-order valence-corrected chi connectivity index (χ0v) is 12.4. The molecule has 1 aromatic rings. The fraction of sp³-hybridized carbons (Fsp3) is 0.733. The highest BCUT2D eigenvalue weighted by Gasteiger charge is 2.25. The second-order valence-corrected chi connectivity index (χ2v) is 5.99. The summed E-state index contributed by atoms with van der Waals surface area (Å²) in [7, 11) is 1.66. The van der Waals surface area contributed by atoms with Gasteiger partial charge in [0.1, 0.15) is 0 Å². The summed E-state index contributed by atoms with van der Waals surface area (Å²) in [6.45, 7) is 5.22. The highest BCUT2D eigenvalue weighted by molar-refractivity contribution is 5.35. The lowest BCUT2D eigenvalue weighted by molar-refractivity contribution is 0.379. The molecule has 5 nitrogen and oxygen atoms in total. The maximum Gasteiger partial charge on any atom is 0.228 e. The number of ether oxygens (including phenoxy) is 1. The lowest BCUT2D eigenvalue weighted by Crippen LogP contribution is -2.41. The van der Waals surface area contributed by atoms with Gasteiger partial charge in [0, 0.05) is 30.9 Å². The maximum atomic E-state index is 5.25. The Kier molecular flexibility index (Phi) is 4.05. The molecule has 1 saturated heterocycles. The quantitative estimate of drug-likeness (QED) is 0.888. The molecule has 1 saturated carbocycles. The van der Waals surface area contributed by atoms with Gasteiger partial charge in [-0.05, 0) is 45.1 Å². The van der Waals surface area contributed by atoms with Gasteiger partial charge in [0.15, 0.2) is 0 Å². The van der Waals surface area contributed by atoms with Crippen LogP contribution in [0.1, 0.15) is 31.4 Å². The van der Waals surface area contributed by atoms with E-state index in [1.165, 1.54) is 25.7 Å². The van der Waals surface area contributed by atoms with Gasteiger partial charge in [-0.3, -0.25) is 0 Å². The van der Waals surface area contributed by atoms with Crippen LogP contribution in [-0.2, 0) is 0 Å². The molecular formula is C15H24N4O. The van der Waals surface area contributed by atoms with E-state index in [4.69, 9.17) is 4.74 Å². The summed E-state index contributed by atoms with van der Waals surface area (Å²) >= 11 is 0. The van der Waals surface area contributed by atoms with Gasteiger partial charge in [-0.1, -0.05) is 0 Å². The summed E-state index contributed by atoms with van der Waals surface area (Å²) in [5, 5.41) is 3.64. The van der Waals surface area contributed by atoms with E-state index >= 15 is 0 Å². The van der Waals surface area contributed by atoms with Crippen LogP contribution >= 0.6 is 0 Å². The first kappa shape index (κ1) is 13.6. The van der Waals surface area contributed by atoms with Crippen molar-refractivity contribution in [1.82, 2.24) is 15.3 Å². The van der Waals surface area contributed by atoms with Crippen molar-refractivity contribution in [2.45, 2.75) is 38.6 Å². The summed E-state index contributed by atoms with van der Waals surface area (Å²) in [6.07, 6.45) is 5.24. The Labute approximate surface area is 120 Å². The van der Waals surface area contributed by atoms with Crippen molar-refractivity contribution in [2.75, 3.05) is 31.6 Å². The van der Waals surface area contributed by atoms with Crippen LogP contribution in [0.15, 0.2) is 6.07 Å². The summed E-state index contributed by atoms with van der Waals surface area (Å²) in [4.78, 5) is 11.4. The summed E-state index contributed by atoms with van der Waals surface area (Å²) in [5.41, 5.74) is 0.963. The van der Waals surface area contributed by atoms with E-state index < -0.39 is 0 Å². The lowest BCUT2D eigenvalue weighted by Gasteiger charge is -2.33. The van der Waals surface area contributed by atoms with Crippen LogP contribution in [0.5, 0.6) is 5.88 Å². The van der Waals surface area contributed by atoms with Crippen LogP contribution in [0.2, 0.25) is 0 Å². The van der Waals surface area contributed by atoms with Gasteiger partial charge in [-0.25, -0.2) is 4.98 Å². The molecular weight excluding hydrogens is 252 g/mol. The largest absolute Gasteiger partial charge is 0.481 e. The third kappa shape index (κ3) is 3.39. The molecule has 2 aliphatic rings. The predicted octanol–water partition coefficient (Wildman–Crippen LogP) is 1.76. The average molecular weight is 276 g/mol. The van der Waals surface area contributed by atoms with Crippen LogP contribution in [-0.4, -0.2) is 42.8 Å². The van der Waals surface area contributed by atoms with Crippen LogP contribution in [0.4, 0.5) is 5.95 Å². The lowest BCUT2D eigenvalue weighted by atomic mass is 9.98. The number of nitrogens with zero attached hydrogens (tertiary/aromatic N) is 3. The molecule has 110 valence electrons. The standard InChI is InChI=1S/C15H24N4O/c1-11-8-14(20-2)18-15(17-11)19-7-3-4-12(10-19)9-16-13-5-6-13/h8,12-13,16H,3-7,9-10H2,1-2H3. The van der Waals surface area contributed by atoms with Crippen molar-refractivity contribution in [3.63, 3.8) is 0 Å². The van der Waals surface area contributed by atoms with Gasteiger partial charge >= 0.3 is 0 Å². The molecule has 0 amide bonds. The van der Waals surface area contributed by atoms with Gasteiger partial charge in [-0.15, -0.1) is 0 Å². The molecule has 2 heterocycles. The Morgan fingerprint density at radius 2 is 2.20 bits per heavy atom. The fourth-order valence-electron chi connectivity index (χ4n) is 2.80. The summed E-state index contributed by atoms with van der Waals surface area (Å²) < 4.78 is 5.25. The number of rotatable bonds is 5. The van der Waals surface area contributed by atoms with Crippen molar-refractivity contribution in [3.8, 4) is 5.88 Å². The molecule has 1 aliphatic heterocycles. The van der Waals surface area contributed by atoms with Crippen molar-refractivity contribution in [3.05, 3.63) is 11.8 Å². The molecule has 5 heteroatoms. The molecule has 0 spiro atoms. The maximum absolute atomic E-state index is 5.25. The fourth-order valence-corrected chi connectivity index (χ4v) is 2.80. The van der Waals surface area contributed by atoms with Crippen LogP contribution in [0.25, 0.3) is 0 Å². The average Bonchev–Trinajstić information content (AvgIpc) is 3.29. The van der Waals surface area contributed by atoms with Gasteiger partial charge in [-0.2, -0.15) is 4.98 Å². The number of anilines is 1. The van der Waals surface area contributed by atoms with Gasteiger partial charge < -0.3 is 15.0 Å². The zero-order chi connectivity index (χ0) is 13.9. The molecule has 1 unspecified atom stereocenters. The van der Waals surface area contributed by atoms with E-state index in [-0.39, 0.29) is 0 Å². The third-order valence-electron chi connectivity index (χ3n) is 4.10. The van der Waals surface area contributed by atoms with Crippen molar-refractivity contribution >= 4 is 5.95 Å². The van der Waals surface area contributed by atoms with Gasteiger partial charge in [0.05, 0.1) is 7.11 Å². The van der Waals surface area contributed by atoms with Crippen LogP contribution < -0.4 is 15.0 Å². The first-order chi connectivity index (χ1) is 9.74. The molecule has 1 aromatic heterocycles. The van der Waals surface area contributed by atoms with Crippen LogP contribution in [0, 0.1) is 12.8 Å². The van der Waals surface area contributed by atoms with E-state index in [9.17, 15) is 0 Å². The number of aromatic nitrogens is 2. The summed E-state index contributed by atoms with van der Waals surface area (Å²) in [6, 6.07) is 2.67. The predicted molar refractivity (Wildman–Crippen MR) is 79.3 cm³/mol. The molecule has 2 fully saturated rings. The van der Waals surface area contributed by atoms with Crippen molar-refractivity contribution in [1.29, 1.82) is 0 Å². The van der Waals surface area contributed by atoms with E-state index in [1.54, 1.807) is 7.11 Å². The Bertz CT molecular complexity index is 461. The third-order valence-corrected chi connectivity index (χ3v) is 4.10. The Morgan fingerprint density at radius 1 is 1.35 bits per heavy atom. The summed E-state index contributed by atoms with van der Waals surface area (Å²) in [5.74, 6) is 2.18.